The van der Waals surface area contributed by atoms with Crippen LogP contribution in [0.2, 0.25) is 0 Å². The number of benzene rings is 12. The van der Waals surface area contributed by atoms with E-state index in [2.05, 4.69) is 102 Å². The first-order valence-electron chi connectivity index (χ1n) is 30.4. The monoisotopic (exact) mass is 1170 g/mol. The largest absolute Gasteiger partial charge is 0.422 e. The summed E-state index contributed by atoms with van der Waals surface area (Å²) < 4.78 is 17.9. The van der Waals surface area contributed by atoms with Crippen molar-refractivity contribution in [3.8, 4) is 67.5 Å². The molecule has 0 aliphatic heterocycles. The Morgan fingerprint density at radius 1 is 0.300 bits per heavy atom. The topological polar surface area (TPSA) is 129 Å². The van der Waals surface area contributed by atoms with Crippen molar-refractivity contribution >= 4 is 97.5 Å². The Hall–Kier alpha value is -11.2. The van der Waals surface area contributed by atoms with Gasteiger partial charge in [-0.1, -0.05) is 193 Å². The summed E-state index contributed by atoms with van der Waals surface area (Å²) in [7, 11) is 0. The zero-order valence-electron chi connectivity index (χ0n) is 50.4. The minimum absolute atomic E-state index is 0.0122. The van der Waals surface area contributed by atoms with Crippen LogP contribution in [0.5, 0.6) is 0 Å². The highest BCUT2D eigenvalue weighted by Crippen LogP contribution is 2.39. The van der Waals surface area contributed by atoms with Gasteiger partial charge in [0, 0.05) is 32.8 Å². The van der Waals surface area contributed by atoms with Crippen LogP contribution in [0.4, 0.5) is 0 Å². The highest BCUT2D eigenvalue weighted by atomic mass is 16.4. The van der Waals surface area contributed by atoms with Gasteiger partial charge in [-0.25, -0.2) is 29.3 Å². The van der Waals surface area contributed by atoms with Crippen LogP contribution in [0.25, 0.3) is 165 Å². The van der Waals surface area contributed by atoms with E-state index < -0.39 is 16.9 Å². The van der Waals surface area contributed by atoms with Gasteiger partial charge in [-0.05, 0) is 182 Å². The maximum Gasteiger partial charge on any atom is 0.344 e. The second-order valence-electron chi connectivity index (χ2n) is 25.5. The normalized spacial score (nSPS) is 12.3. The molecule has 0 unspecified atom stereocenters. The quantitative estimate of drug-likeness (QED) is 0.108. The van der Waals surface area contributed by atoms with Crippen molar-refractivity contribution in [3.05, 3.63) is 267 Å². The van der Waals surface area contributed by atoms with E-state index in [0.29, 0.717) is 50.9 Å². The molecular formula is C81H57N3O6. The van der Waals surface area contributed by atoms with Crippen molar-refractivity contribution in [2.75, 3.05) is 0 Å². The molecule has 0 aliphatic carbocycles. The molecule has 0 spiro atoms. The minimum atomic E-state index is -0.403. The molecular weight excluding hydrogens is 1110 g/mol. The Labute approximate surface area is 516 Å². The molecule has 0 aliphatic rings. The third-order valence-corrected chi connectivity index (χ3v) is 18.5. The third-order valence-electron chi connectivity index (χ3n) is 18.5. The first kappa shape index (κ1) is 54.2. The lowest BCUT2D eigenvalue weighted by Crippen LogP contribution is -2.15. The summed E-state index contributed by atoms with van der Waals surface area (Å²) in [4.78, 5) is 56.6. The number of nitrogens with zero attached hydrogens (tertiary/aromatic N) is 3. The highest BCUT2D eigenvalue weighted by molar-refractivity contribution is 6.09. The van der Waals surface area contributed by atoms with Crippen molar-refractivity contribution in [3.63, 3.8) is 0 Å². The molecule has 12 aromatic carbocycles. The molecule has 90 heavy (non-hydrogen) atoms. The Morgan fingerprint density at radius 2 is 0.622 bits per heavy atom. The average Bonchev–Trinajstić information content (AvgIpc) is 0.855. The average molecular weight is 1170 g/mol. The van der Waals surface area contributed by atoms with E-state index in [1.807, 2.05) is 164 Å². The van der Waals surface area contributed by atoms with Gasteiger partial charge in [0.15, 0.2) is 17.5 Å². The SMILES string of the molecule is CCC(C)(C)c1ccc2c(ccc3oc(=O)c(-c4ccc5cc(-c6nc(-c7ccc8cc(-c9cc%10c(ccc%11ccccc%11%10)oc9=O)ccc8c7)nc(-c7ccc8cc(-c9cc%10c(ccc%11cc(C(C)(C)C)ccc%11%10)oc9=O)ccc8c7)n6)ccc5c4)cc32)c1. The van der Waals surface area contributed by atoms with Gasteiger partial charge in [-0.2, -0.15) is 0 Å². The van der Waals surface area contributed by atoms with Crippen LogP contribution >= 0.6 is 0 Å². The molecule has 0 bridgehead atoms. The molecule has 4 heterocycles. The molecule has 0 saturated carbocycles. The lowest BCUT2D eigenvalue weighted by atomic mass is 9.81. The molecule has 432 valence electrons. The molecule has 4 aromatic heterocycles. The first-order chi connectivity index (χ1) is 43.5. The molecule has 0 radical (unpaired) electrons. The van der Waals surface area contributed by atoms with Crippen LogP contribution in [0.1, 0.15) is 59.1 Å². The van der Waals surface area contributed by atoms with Gasteiger partial charge in [0.1, 0.15) is 16.7 Å². The number of hydrogen-bond acceptors (Lipinski definition) is 9. The van der Waals surface area contributed by atoms with E-state index >= 15 is 0 Å². The van der Waals surface area contributed by atoms with E-state index in [1.165, 1.54) is 11.1 Å². The summed E-state index contributed by atoms with van der Waals surface area (Å²) in [5.41, 5.74) is 8.98. The van der Waals surface area contributed by atoms with Crippen LogP contribution in [0.15, 0.2) is 252 Å². The zero-order valence-corrected chi connectivity index (χ0v) is 50.4. The molecule has 0 fully saturated rings. The van der Waals surface area contributed by atoms with Crippen LogP contribution in [0.3, 0.4) is 0 Å². The summed E-state index contributed by atoms with van der Waals surface area (Å²) in [6.45, 7) is 13.3. The lowest BCUT2D eigenvalue weighted by Gasteiger charge is -2.23. The van der Waals surface area contributed by atoms with Gasteiger partial charge in [0.2, 0.25) is 0 Å². The molecule has 0 saturated heterocycles. The van der Waals surface area contributed by atoms with E-state index in [-0.39, 0.29) is 10.8 Å². The van der Waals surface area contributed by atoms with Crippen molar-refractivity contribution < 1.29 is 13.3 Å². The highest BCUT2D eigenvalue weighted by Gasteiger charge is 2.22. The zero-order chi connectivity index (χ0) is 61.3. The van der Waals surface area contributed by atoms with E-state index in [4.69, 9.17) is 28.2 Å². The van der Waals surface area contributed by atoms with Gasteiger partial charge >= 0.3 is 16.9 Å². The molecule has 16 aromatic rings. The van der Waals surface area contributed by atoms with Gasteiger partial charge in [0.05, 0.1) is 16.7 Å². The molecule has 9 nitrogen and oxygen atoms in total. The Morgan fingerprint density at radius 3 is 1.01 bits per heavy atom. The van der Waals surface area contributed by atoms with Crippen molar-refractivity contribution in [1.82, 2.24) is 15.0 Å². The Balaban J connectivity index is 0.780. The fourth-order valence-electron chi connectivity index (χ4n) is 12.8. The maximum absolute atomic E-state index is 13.7. The third kappa shape index (κ3) is 9.31. The minimum Gasteiger partial charge on any atom is -0.422 e. The summed E-state index contributed by atoms with van der Waals surface area (Å²) in [5.74, 6) is 1.42. The summed E-state index contributed by atoms with van der Waals surface area (Å²) in [6.07, 6.45) is 1.01. The lowest BCUT2D eigenvalue weighted by molar-refractivity contribution is 0.507. The summed E-state index contributed by atoms with van der Waals surface area (Å²) in [6, 6.07) is 75.0. The molecule has 0 N–H and O–H groups in total. The van der Waals surface area contributed by atoms with Gasteiger partial charge in [0.25, 0.3) is 0 Å². The summed E-state index contributed by atoms with van der Waals surface area (Å²) in [5, 5.41) is 14.5. The molecule has 9 heteroatoms. The standard InChI is InChI=1S/C81H57N3O6/c1-7-81(5,6)61-28-30-64-56(41-61)26-33-73-70(64)44-67(79(87)90-73)54-20-14-51-39-59(23-17-48(51)36-54)76-83-74(57-21-15-46-34-52(18-12-49(46)37-57)65-42-68-62-11-9-8-10-45(62)24-31-71(68)88-77(65)85)82-75(84-76)58-22-16-47-35-53(19-13-50(47)38-58)66-43-69-63-29-27-60(80(2,3)4)40-55(63)25-32-72(69)89-78(66)86/h8-44H,7H2,1-6H3. The van der Waals surface area contributed by atoms with Crippen molar-refractivity contribution in [2.45, 2.75) is 58.8 Å². The maximum atomic E-state index is 13.7. The summed E-state index contributed by atoms with van der Waals surface area (Å²) >= 11 is 0. The van der Waals surface area contributed by atoms with Crippen molar-refractivity contribution in [2.24, 2.45) is 0 Å². The van der Waals surface area contributed by atoms with E-state index in [9.17, 15) is 14.4 Å². The number of aromatic nitrogens is 3. The van der Waals surface area contributed by atoms with Crippen LogP contribution in [-0.4, -0.2) is 15.0 Å². The second kappa shape index (κ2) is 20.5. The van der Waals surface area contributed by atoms with E-state index in [1.54, 1.807) is 0 Å². The predicted octanol–water partition coefficient (Wildman–Crippen LogP) is 20.1. The second-order valence-corrected chi connectivity index (χ2v) is 25.5. The fourth-order valence-corrected chi connectivity index (χ4v) is 12.8. The predicted molar refractivity (Wildman–Crippen MR) is 368 cm³/mol. The Bertz CT molecular complexity index is 5950. The smallest absolute Gasteiger partial charge is 0.344 e. The van der Waals surface area contributed by atoms with Gasteiger partial charge in [-0.3, -0.25) is 0 Å². The van der Waals surface area contributed by atoms with Crippen LogP contribution < -0.4 is 16.9 Å². The Kier molecular flexibility index (Phi) is 12.3. The number of fused-ring (bicyclic) bond motifs is 12. The van der Waals surface area contributed by atoms with Crippen molar-refractivity contribution in [1.29, 1.82) is 0 Å². The molecule has 0 atom stereocenters. The fraction of sp³-hybridized carbons (Fsp3) is 0.111. The van der Waals surface area contributed by atoms with E-state index in [0.717, 1.165) is 121 Å². The first-order valence-corrected chi connectivity index (χ1v) is 30.4. The number of rotatable bonds is 8. The van der Waals surface area contributed by atoms with Gasteiger partial charge in [-0.15, -0.1) is 0 Å². The molecule has 0 amide bonds. The van der Waals surface area contributed by atoms with Crippen LogP contribution in [0, 0.1) is 0 Å². The van der Waals surface area contributed by atoms with Gasteiger partial charge < -0.3 is 13.3 Å². The number of hydrogen-bond donors (Lipinski definition) is 0. The molecule has 16 rings (SSSR count). The van der Waals surface area contributed by atoms with Crippen LogP contribution in [-0.2, 0) is 10.8 Å².